The van der Waals surface area contributed by atoms with Gasteiger partial charge in [-0.1, -0.05) is 0 Å². The van der Waals surface area contributed by atoms with Crippen LogP contribution in [0.3, 0.4) is 0 Å². The fourth-order valence-corrected chi connectivity index (χ4v) is 2.38. The van der Waals surface area contributed by atoms with Gasteiger partial charge >= 0.3 is 0 Å². The minimum Gasteiger partial charge on any atom is -0.497 e. The molecule has 0 fully saturated rings. The van der Waals surface area contributed by atoms with E-state index in [1.54, 1.807) is 7.11 Å². The molecular formula is C16H23ClN2O3. The van der Waals surface area contributed by atoms with E-state index < -0.39 is 0 Å². The Balaban J connectivity index is 0.00000242. The summed E-state index contributed by atoms with van der Waals surface area (Å²) >= 11 is 0. The second-order valence-electron chi connectivity index (χ2n) is 5.10. The molecule has 5 nitrogen and oxygen atoms in total. The van der Waals surface area contributed by atoms with Crippen molar-refractivity contribution in [3.8, 4) is 5.75 Å². The first-order chi connectivity index (χ1) is 10.1. The Hall–Kier alpha value is -1.72. The molecule has 1 unspecified atom stereocenters. The van der Waals surface area contributed by atoms with E-state index in [1.165, 1.54) is 0 Å². The molecule has 2 aromatic rings. The molecule has 0 aliphatic carbocycles. The van der Waals surface area contributed by atoms with Gasteiger partial charge < -0.3 is 19.8 Å². The van der Waals surface area contributed by atoms with Gasteiger partial charge in [0.15, 0.2) is 0 Å². The Morgan fingerprint density at radius 1 is 1.41 bits per heavy atom. The van der Waals surface area contributed by atoms with Crippen LogP contribution in [0.15, 0.2) is 22.6 Å². The summed E-state index contributed by atoms with van der Waals surface area (Å²) in [5, 5.41) is 6.93. The zero-order chi connectivity index (χ0) is 15.4. The third-order valence-corrected chi connectivity index (χ3v) is 3.55. The van der Waals surface area contributed by atoms with Crippen LogP contribution in [0.5, 0.6) is 5.75 Å². The van der Waals surface area contributed by atoms with Crippen molar-refractivity contribution in [2.45, 2.75) is 26.3 Å². The Labute approximate surface area is 136 Å². The highest BCUT2D eigenvalue weighted by atomic mass is 35.5. The maximum Gasteiger partial charge on any atom is 0.221 e. The lowest BCUT2D eigenvalue weighted by Gasteiger charge is -2.12. The summed E-state index contributed by atoms with van der Waals surface area (Å²) in [5.74, 6) is 1.59. The van der Waals surface area contributed by atoms with Gasteiger partial charge in [0.25, 0.3) is 0 Å². The smallest absolute Gasteiger partial charge is 0.221 e. The molecule has 1 amide bonds. The molecule has 2 N–H and O–H groups in total. The highest BCUT2D eigenvalue weighted by Crippen LogP contribution is 2.31. The number of methoxy groups -OCH3 is 1. The van der Waals surface area contributed by atoms with E-state index in [9.17, 15) is 4.79 Å². The molecule has 1 aromatic carbocycles. The Kier molecular flexibility index (Phi) is 6.71. The number of hydrogen-bond acceptors (Lipinski definition) is 4. The summed E-state index contributed by atoms with van der Waals surface area (Å²) in [6, 6.07) is 5.55. The lowest BCUT2D eigenvalue weighted by atomic mass is 10.1. The molecule has 1 aromatic heterocycles. The molecule has 0 aliphatic heterocycles. The number of carbonyl (C=O) groups is 1. The molecule has 22 heavy (non-hydrogen) atoms. The maximum atomic E-state index is 11.8. The number of halogens is 1. The van der Waals surface area contributed by atoms with Crippen LogP contribution >= 0.6 is 12.4 Å². The van der Waals surface area contributed by atoms with Crippen LogP contribution in [-0.4, -0.2) is 26.6 Å². The largest absolute Gasteiger partial charge is 0.497 e. The minimum atomic E-state index is -0.159. The van der Waals surface area contributed by atoms with Crippen LogP contribution in [0.4, 0.5) is 0 Å². The Morgan fingerprint density at radius 2 is 2.14 bits per heavy atom. The van der Waals surface area contributed by atoms with Gasteiger partial charge in [-0.05, 0) is 39.1 Å². The lowest BCUT2D eigenvalue weighted by molar-refractivity contribution is -0.121. The second kappa shape index (κ2) is 8.06. The molecule has 0 radical (unpaired) electrons. The van der Waals surface area contributed by atoms with E-state index in [1.807, 2.05) is 39.1 Å². The quantitative estimate of drug-likeness (QED) is 0.856. The number of aryl methyl sites for hydroxylation is 1. The third-order valence-electron chi connectivity index (χ3n) is 3.55. The summed E-state index contributed by atoms with van der Waals surface area (Å²) in [4.78, 5) is 11.8. The molecule has 6 heteroatoms. The molecule has 0 spiro atoms. The second-order valence-corrected chi connectivity index (χ2v) is 5.10. The number of furan rings is 1. The van der Waals surface area contributed by atoms with Crippen molar-refractivity contribution in [1.29, 1.82) is 0 Å². The van der Waals surface area contributed by atoms with Gasteiger partial charge in [-0.15, -0.1) is 12.4 Å². The first-order valence-corrected chi connectivity index (χ1v) is 7.07. The normalized spacial score (nSPS) is 11.8. The van der Waals surface area contributed by atoms with Gasteiger partial charge in [-0.2, -0.15) is 0 Å². The van der Waals surface area contributed by atoms with Crippen LogP contribution in [0.1, 0.15) is 30.7 Å². The van der Waals surface area contributed by atoms with Crippen LogP contribution in [0, 0.1) is 6.92 Å². The molecular weight excluding hydrogens is 304 g/mol. The van der Waals surface area contributed by atoms with Crippen molar-refractivity contribution in [3.63, 3.8) is 0 Å². The first-order valence-electron chi connectivity index (χ1n) is 7.07. The van der Waals surface area contributed by atoms with Crippen LogP contribution in [0.25, 0.3) is 11.0 Å². The molecule has 0 bridgehead atoms. The summed E-state index contributed by atoms with van der Waals surface area (Å²) < 4.78 is 11.1. The van der Waals surface area contributed by atoms with Crippen molar-refractivity contribution >= 4 is 29.3 Å². The summed E-state index contributed by atoms with van der Waals surface area (Å²) in [7, 11) is 3.47. The molecule has 122 valence electrons. The standard InChI is InChI=1S/C16H22N2O3.ClH/c1-10-13-9-12(20-4)5-6-14(13)21-16(10)11(2)18-15(19)7-8-17-3;/h5-6,9,11,17H,7-8H2,1-4H3,(H,18,19);1H. The van der Waals surface area contributed by atoms with Crippen LogP contribution in [-0.2, 0) is 4.79 Å². The highest BCUT2D eigenvalue weighted by molar-refractivity contribution is 5.85. The SMILES string of the molecule is CNCCC(=O)NC(C)c1oc2ccc(OC)cc2c1C.Cl. The van der Waals surface area contributed by atoms with Crippen LogP contribution < -0.4 is 15.4 Å². The summed E-state index contributed by atoms with van der Waals surface area (Å²) in [5.41, 5.74) is 1.84. The molecule has 0 saturated heterocycles. The van der Waals surface area contributed by atoms with Gasteiger partial charge in [-0.3, -0.25) is 4.79 Å². The number of ether oxygens (including phenoxy) is 1. The third kappa shape index (κ3) is 3.93. The summed E-state index contributed by atoms with van der Waals surface area (Å²) in [6.07, 6.45) is 0.452. The predicted octanol–water partition coefficient (Wildman–Crippen LogP) is 2.96. The minimum absolute atomic E-state index is 0. The van der Waals surface area contributed by atoms with Crippen molar-refractivity contribution in [3.05, 3.63) is 29.5 Å². The number of benzene rings is 1. The zero-order valence-corrected chi connectivity index (χ0v) is 14.2. The molecule has 0 aliphatic rings. The zero-order valence-electron chi connectivity index (χ0n) is 13.4. The van der Waals surface area contributed by atoms with E-state index in [0.29, 0.717) is 13.0 Å². The van der Waals surface area contributed by atoms with Gasteiger partial charge in [-0.25, -0.2) is 0 Å². The number of carbonyl (C=O) groups excluding carboxylic acids is 1. The van der Waals surface area contributed by atoms with Gasteiger partial charge in [0.2, 0.25) is 5.91 Å². The average molecular weight is 327 g/mol. The van der Waals surface area contributed by atoms with Gasteiger partial charge in [0.1, 0.15) is 17.1 Å². The van der Waals surface area contributed by atoms with Crippen molar-refractivity contribution in [2.24, 2.45) is 0 Å². The number of fused-ring (bicyclic) bond motifs is 1. The molecule has 1 atom stereocenters. The van der Waals surface area contributed by atoms with Crippen molar-refractivity contribution in [2.75, 3.05) is 20.7 Å². The first kappa shape index (κ1) is 18.3. The van der Waals surface area contributed by atoms with Gasteiger partial charge in [0, 0.05) is 23.9 Å². The summed E-state index contributed by atoms with van der Waals surface area (Å²) in [6.45, 7) is 4.59. The molecule has 2 rings (SSSR count). The Morgan fingerprint density at radius 3 is 2.77 bits per heavy atom. The van der Waals surface area contributed by atoms with E-state index in [4.69, 9.17) is 9.15 Å². The van der Waals surface area contributed by atoms with Crippen molar-refractivity contribution in [1.82, 2.24) is 10.6 Å². The van der Waals surface area contributed by atoms with Crippen LogP contribution in [0.2, 0.25) is 0 Å². The number of amides is 1. The highest BCUT2D eigenvalue weighted by Gasteiger charge is 2.18. The predicted molar refractivity (Wildman–Crippen MR) is 89.9 cm³/mol. The van der Waals surface area contributed by atoms with E-state index in [-0.39, 0.29) is 24.4 Å². The molecule has 1 heterocycles. The number of hydrogen-bond donors (Lipinski definition) is 2. The number of nitrogens with one attached hydrogen (secondary N) is 2. The van der Waals surface area contributed by atoms with E-state index in [0.717, 1.165) is 28.0 Å². The van der Waals surface area contributed by atoms with E-state index >= 15 is 0 Å². The van der Waals surface area contributed by atoms with E-state index in [2.05, 4.69) is 10.6 Å². The molecule has 0 saturated carbocycles. The topological polar surface area (TPSA) is 63.5 Å². The fourth-order valence-electron chi connectivity index (χ4n) is 2.38. The monoisotopic (exact) mass is 326 g/mol. The maximum absolute atomic E-state index is 11.8. The van der Waals surface area contributed by atoms with Gasteiger partial charge in [0.05, 0.1) is 13.2 Å². The number of rotatable bonds is 6. The fraction of sp³-hybridized carbons (Fsp3) is 0.438. The van der Waals surface area contributed by atoms with Crippen molar-refractivity contribution < 1.29 is 13.9 Å². The Bertz CT molecular complexity index is 640. The lowest BCUT2D eigenvalue weighted by Crippen LogP contribution is -2.29. The average Bonchev–Trinajstić information content (AvgIpc) is 2.81.